The van der Waals surface area contributed by atoms with E-state index in [2.05, 4.69) is 76.0 Å². The topological polar surface area (TPSA) is 12.0 Å². The lowest BCUT2D eigenvalue weighted by atomic mass is 10.0. The third-order valence-corrected chi connectivity index (χ3v) is 6.51. The molecule has 1 heterocycles. The van der Waals surface area contributed by atoms with Gasteiger partial charge in [0.25, 0.3) is 0 Å². The van der Waals surface area contributed by atoms with Crippen molar-refractivity contribution in [3.8, 4) is 0 Å². The van der Waals surface area contributed by atoms with Crippen molar-refractivity contribution >= 4 is 39.5 Å². The summed E-state index contributed by atoms with van der Waals surface area (Å²) in [6.45, 7) is 3.26. The third kappa shape index (κ3) is 4.48. The summed E-state index contributed by atoms with van der Waals surface area (Å²) in [5, 5.41) is 4.42. The average molecular weight is 346 g/mol. The number of likely N-dealkylation sites (N-methyl/N-ethyl adjacent to an activating group) is 1. The fraction of sp³-hybridized carbons (Fsp3) is 0.571. The smallest absolute Gasteiger partial charge is 0.0295 e. The van der Waals surface area contributed by atoms with Gasteiger partial charge in [0.2, 0.25) is 0 Å². The number of halogens is 1. The minimum Gasteiger partial charge on any atom is -0.313 e. The van der Waals surface area contributed by atoms with E-state index in [1.807, 2.05) is 0 Å². The van der Waals surface area contributed by atoms with E-state index in [0.717, 1.165) is 18.2 Å². The van der Waals surface area contributed by atoms with Gasteiger partial charge in [0.15, 0.2) is 0 Å². The van der Waals surface area contributed by atoms with Crippen molar-refractivity contribution in [2.75, 3.05) is 23.8 Å². The largest absolute Gasteiger partial charge is 0.313 e. The Hall–Kier alpha value is 0.360. The number of benzene rings is 1. The van der Waals surface area contributed by atoms with E-state index in [-0.39, 0.29) is 0 Å². The second-order valence-corrected chi connectivity index (χ2v) is 7.89. The van der Waals surface area contributed by atoms with Gasteiger partial charge < -0.3 is 5.32 Å². The van der Waals surface area contributed by atoms with Crippen LogP contribution in [0.1, 0.15) is 12.5 Å². The molecule has 1 fully saturated rings. The van der Waals surface area contributed by atoms with Crippen LogP contribution in [0.4, 0.5) is 0 Å². The molecular formula is C14H20BrNS2. The molecule has 100 valence electrons. The van der Waals surface area contributed by atoms with Crippen LogP contribution >= 0.6 is 39.5 Å². The molecule has 1 aromatic rings. The van der Waals surface area contributed by atoms with Crippen LogP contribution in [0.15, 0.2) is 28.7 Å². The van der Waals surface area contributed by atoms with Gasteiger partial charge in [-0.1, -0.05) is 35.0 Å². The Balaban J connectivity index is 2.00. The first-order valence-corrected chi connectivity index (χ1v) is 9.46. The zero-order valence-electron chi connectivity index (χ0n) is 10.7. The second-order valence-electron chi connectivity index (χ2n) is 4.48. The Morgan fingerprint density at radius 3 is 3.00 bits per heavy atom. The van der Waals surface area contributed by atoms with Gasteiger partial charge in [-0.3, -0.25) is 0 Å². The highest BCUT2D eigenvalue weighted by Crippen LogP contribution is 2.28. The molecule has 1 N–H and O–H groups in total. The zero-order valence-corrected chi connectivity index (χ0v) is 13.9. The summed E-state index contributed by atoms with van der Waals surface area (Å²) in [7, 11) is 0. The first-order chi connectivity index (χ1) is 8.79. The quantitative estimate of drug-likeness (QED) is 0.871. The van der Waals surface area contributed by atoms with Crippen molar-refractivity contribution < 1.29 is 0 Å². The van der Waals surface area contributed by atoms with E-state index < -0.39 is 0 Å². The van der Waals surface area contributed by atoms with Crippen molar-refractivity contribution in [1.29, 1.82) is 0 Å². The summed E-state index contributed by atoms with van der Waals surface area (Å²) in [6.07, 6.45) is 1.13. The summed E-state index contributed by atoms with van der Waals surface area (Å²) in [5.74, 6) is 3.91. The molecule has 1 saturated heterocycles. The van der Waals surface area contributed by atoms with Crippen molar-refractivity contribution in [2.24, 2.45) is 0 Å². The third-order valence-electron chi connectivity index (χ3n) is 3.10. The molecule has 1 aliphatic heterocycles. The maximum atomic E-state index is 3.67. The van der Waals surface area contributed by atoms with Crippen molar-refractivity contribution in [1.82, 2.24) is 5.32 Å². The highest BCUT2D eigenvalue weighted by molar-refractivity contribution is 9.10. The molecule has 2 atom stereocenters. The first-order valence-electron chi connectivity index (χ1n) is 6.46. The van der Waals surface area contributed by atoms with Crippen LogP contribution in [-0.4, -0.2) is 35.1 Å². The molecule has 0 amide bonds. The lowest BCUT2D eigenvalue weighted by molar-refractivity contribution is 0.522. The number of rotatable bonds is 5. The summed E-state index contributed by atoms with van der Waals surface area (Å²) >= 11 is 7.80. The average Bonchev–Trinajstić information content (AvgIpc) is 2.39. The Labute approximate surface area is 127 Å². The molecule has 0 saturated carbocycles. The molecule has 0 aromatic heterocycles. The minimum absolute atomic E-state index is 0.599. The molecule has 0 bridgehead atoms. The molecular weight excluding hydrogens is 326 g/mol. The molecule has 18 heavy (non-hydrogen) atoms. The Morgan fingerprint density at radius 1 is 1.44 bits per heavy atom. The number of nitrogens with one attached hydrogen (secondary N) is 1. The van der Waals surface area contributed by atoms with Crippen molar-refractivity contribution in [3.05, 3.63) is 34.3 Å². The van der Waals surface area contributed by atoms with Crippen molar-refractivity contribution in [2.45, 2.75) is 24.6 Å². The van der Waals surface area contributed by atoms with Gasteiger partial charge in [0, 0.05) is 33.0 Å². The molecule has 2 unspecified atom stereocenters. The van der Waals surface area contributed by atoms with E-state index in [1.54, 1.807) is 0 Å². The van der Waals surface area contributed by atoms with E-state index in [9.17, 15) is 0 Å². The molecule has 4 heteroatoms. The number of hydrogen-bond donors (Lipinski definition) is 1. The van der Waals surface area contributed by atoms with E-state index in [1.165, 1.54) is 27.3 Å². The normalized spacial score (nSPS) is 21.8. The molecule has 0 spiro atoms. The predicted molar refractivity (Wildman–Crippen MR) is 88.9 cm³/mol. The van der Waals surface area contributed by atoms with Crippen molar-refractivity contribution in [3.63, 3.8) is 0 Å². The Kier molecular flexibility index (Phi) is 6.42. The minimum atomic E-state index is 0.599. The van der Waals surface area contributed by atoms with Crippen LogP contribution in [-0.2, 0) is 6.42 Å². The van der Waals surface area contributed by atoms with Crippen LogP contribution in [0.3, 0.4) is 0 Å². The summed E-state index contributed by atoms with van der Waals surface area (Å²) in [6, 6.07) is 9.30. The van der Waals surface area contributed by atoms with Crippen LogP contribution in [0, 0.1) is 0 Å². The molecule has 1 aliphatic rings. The lowest BCUT2D eigenvalue weighted by Crippen LogP contribution is -2.42. The van der Waals surface area contributed by atoms with Gasteiger partial charge in [-0.25, -0.2) is 0 Å². The molecule has 1 nitrogen and oxygen atoms in total. The molecule has 0 aliphatic carbocycles. The maximum Gasteiger partial charge on any atom is 0.0295 e. The fourth-order valence-electron chi connectivity index (χ4n) is 2.25. The standard InChI is InChI=1S/C14H20BrNS2/c1-2-16-13(14-10-17-6-7-18-14)9-11-4-3-5-12(15)8-11/h3-5,8,13-14,16H,2,6-7,9-10H2,1H3. The Morgan fingerprint density at radius 2 is 2.33 bits per heavy atom. The fourth-order valence-corrected chi connectivity index (χ4v) is 5.59. The molecule has 2 rings (SSSR count). The predicted octanol–water partition coefficient (Wildman–Crippen LogP) is 3.82. The van der Waals surface area contributed by atoms with Crippen LogP contribution in [0.2, 0.25) is 0 Å². The van der Waals surface area contributed by atoms with Gasteiger partial charge in [-0.15, -0.1) is 0 Å². The van der Waals surface area contributed by atoms with Crippen LogP contribution in [0.5, 0.6) is 0 Å². The number of hydrogen-bond acceptors (Lipinski definition) is 3. The van der Waals surface area contributed by atoms with E-state index >= 15 is 0 Å². The second kappa shape index (κ2) is 7.83. The highest BCUT2D eigenvalue weighted by Gasteiger charge is 2.24. The first kappa shape index (κ1) is 14.8. The summed E-state index contributed by atoms with van der Waals surface area (Å²) in [4.78, 5) is 0. The van der Waals surface area contributed by atoms with Crippen LogP contribution in [0.25, 0.3) is 0 Å². The SMILES string of the molecule is CCNC(Cc1cccc(Br)c1)C1CSCCS1. The van der Waals surface area contributed by atoms with Gasteiger partial charge in [0.05, 0.1) is 0 Å². The lowest BCUT2D eigenvalue weighted by Gasteiger charge is -2.30. The maximum absolute atomic E-state index is 3.67. The summed E-state index contributed by atoms with van der Waals surface area (Å²) < 4.78 is 1.18. The Bertz CT molecular complexity index is 367. The number of thioether (sulfide) groups is 2. The zero-order chi connectivity index (χ0) is 12.8. The molecule has 1 aromatic carbocycles. The van der Waals surface area contributed by atoms with Gasteiger partial charge in [-0.2, -0.15) is 23.5 Å². The summed E-state index contributed by atoms with van der Waals surface area (Å²) in [5.41, 5.74) is 1.42. The van der Waals surface area contributed by atoms with E-state index in [4.69, 9.17) is 0 Å². The highest BCUT2D eigenvalue weighted by atomic mass is 79.9. The monoisotopic (exact) mass is 345 g/mol. The van der Waals surface area contributed by atoms with Gasteiger partial charge in [-0.05, 0) is 30.7 Å². The van der Waals surface area contributed by atoms with E-state index in [0.29, 0.717) is 6.04 Å². The van der Waals surface area contributed by atoms with Crippen LogP contribution < -0.4 is 5.32 Å². The molecule has 0 radical (unpaired) electrons. The van der Waals surface area contributed by atoms with Gasteiger partial charge >= 0.3 is 0 Å². The van der Waals surface area contributed by atoms with Gasteiger partial charge in [0.1, 0.15) is 0 Å².